The van der Waals surface area contributed by atoms with Crippen molar-refractivity contribution >= 4 is 35.3 Å². The minimum atomic E-state index is -2.24. The third-order valence-corrected chi connectivity index (χ3v) is 8.09. The zero-order valence-corrected chi connectivity index (χ0v) is 20.6. The summed E-state index contributed by atoms with van der Waals surface area (Å²) in [6.07, 6.45) is -0.830. The van der Waals surface area contributed by atoms with Crippen molar-refractivity contribution in [3.63, 3.8) is 0 Å². The second-order valence-electron chi connectivity index (χ2n) is 9.88. The van der Waals surface area contributed by atoms with Crippen LogP contribution < -0.4 is 0 Å². The highest BCUT2D eigenvalue weighted by atomic mass is 35.5. The van der Waals surface area contributed by atoms with Crippen LogP contribution in [-0.2, 0) is 33.4 Å². The maximum Gasteiger partial charge on any atom is 0.312 e. The van der Waals surface area contributed by atoms with E-state index in [1.54, 1.807) is 6.92 Å². The summed E-state index contributed by atoms with van der Waals surface area (Å²) < 4.78 is 16.7. The van der Waals surface area contributed by atoms with Gasteiger partial charge in [-0.2, -0.15) is 0 Å². The Kier molecular flexibility index (Phi) is 6.80. The third kappa shape index (κ3) is 3.97. The number of aliphatic hydroxyl groups is 2. The molecule has 9 nitrogen and oxygen atoms in total. The molecule has 0 aromatic heterocycles. The quantitative estimate of drug-likeness (QED) is 0.252. The molecule has 1 heterocycles. The van der Waals surface area contributed by atoms with Crippen LogP contribution in [-0.4, -0.2) is 68.8 Å². The van der Waals surface area contributed by atoms with Gasteiger partial charge in [-0.1, -0.05) is 25.2 Å². The van der Waals surface area contributed by atoms with Crippen LogP contribution in [0.5, 0.6) is 0 Å². The Morgan fingerprint density at radius 3 is 2.32 bits per heavy atom. The van der Waals surface area contributed by atoms with Gasteiger partial charge in [-0.25, -0.2) is 0 Å². The van der Waals surface area contributed by atoms with Gasteiger partial charge in [0.15, 0.2) is 17.5 Å². The first kappa shape index (κ1) is 26.4. The van der Waals surface area contributed by atoms with Gasteiger partial charge >= 0.3 is 17.9 Å². The average Bonchev–Trinajstić information content (AvgIpc) is 2.96. The van der Waals surface area contributed by atoms with Gasteiger partial charge in [0.05, 0.1) is 11.3 Å². The molecular weight excluding hydrogens is 468 g/mol. The smallest absolute Gasteiger partial charge is 0.312 e. The minimum Gasteiger partial charge on any atom is -0.462 e. The van der Waals surface area contributed by atoms with Gasteiger partial charge in [0.2, 0.25) is 0 Å². The number of hydrogen-bond donors (Lipinski definition) is 2. The summed E-state index contributed by atoms with van der Waals surface area (Å²) in [4.78, 5) is 49.9. The lowest BCUT2D eigenvalue weighted by molar-refractivity contribution is -0.228. The van der Waals surface area contributed by atoms with Gasteiger partial charge < -0.3 is 24.4 Å². The lowest BCUT2D eigenvalue weighted by atomic mass is 9.54. The van der Waals surface area contributed by atoms with Crippen LogP contribution in [0.1, 0.15) is 47.5 Å². The van der Waals surface area contributed by atoms with E-state index in [-0.39, 0.29) is 12.8 Å². The molecule has 2 fully saturated rings. The van der Waals surface area contributed by atoms with Crippen molar-refractivity contribution in [3.05, 3.63) is 24.3 Å². The highest BCUT2D eigenvalue weighted by Crippen LogP contribution is 2.55. The molecule has 0 aromatic carbocycles. The molecule has 0 unspecified atom stereocenters. The Bertz CT molecular complexity index is 956. The molecule has 188 valence electrons. The standard InChI is InChI=1S/C24H31ClO9/c1-11-7-8-16(32-13(3)26)22(5)10-9-15(28)23(6,30)18(22)20(33-14(4)27)24(31)12(2)21(29)34-19(24)17(11)25/h9-10,12,16-20,30-31H,1,7-8H2,2-6H3/t12-,16+,17-,18+,19-,20+,22+,23+,24-/m0/s1. The number of alkyl halides is 1. The van der Waals surface area contributed by atoms with E-state index in [4.69, 9.17) is 25.8 Å². The predicted octanol–water partition coefficient (Wildman–Crippen LogP) is 1.61. The van der Waals surface area contributed by atoms with Crippen molar-refractivity contribution in [2.24, 2.45) is 17.3 Å². The van der Waals surface area contributed by atoms with Gasteiger partial charge in [0.1, 0.15) is 17.8 Å². The summed E-state index contributed by atoms with van der Waals surface area (Å²) in [6.45, 7) is 10.6. The fourth-order valence-corrected chi connectivity index (χ4v) is 6.01. The van der Waals surface area contributed by atoms with Crippen molar-refractivity contribution in [2.75, 3.05) is 0 Å². The molecule has 1 saturated heterocycles. The molecule has 0 bridgehead atoms. The lowest BCUT2D eigenvalue weighted by Gasteiger charge is -2.55. The molecule has 34 heavy (non-hydrogen) atoms. The average molecular weight is 499 g/mol. The molecule has 2 aliphatic carbocycles. The van der Waals surface area contributed by atoms with Crippen LogP contribution in [0.3, 0.4) is 0 Å². The van der Waals surface area contributed by atoms with E-state index >= 15 is 0 Å². The molecule has 2 N–H and O–H groups in total. The summed E-state index contributed by atoms with van der Waals surface area (Å²) in [5.74, 6) is -5.48. The number of esters is 3. The number of rotatable bonds is 2. The van der Waals surface area contributed by atoms with Gasteiger partial charge in [0.25, 0.3) is 0 Å². The Balaban J connectivity index is 2.37. The van der Waals surface area contributed by atoms with E-state index in [2.05, 4.69) is 6.58 Å². The summed E-state index contributed by atoms with van der Waals surface area (Å²) in [5.41, 5.74) is -5.31. The maximum absolute atomic E-state index is 12.9. The van der Waals surface area contributed by atoms with Gasteiger partial charge in [0, 0.05) is 25.2 Å². The molecule has 0 aromatic rings. The maximum atomic E-state index is 12.9. The molecule has 3 aliphatic rings. The zero-order valence-electron chi connectivity index (χ0n) is 19.9. The van der Waals surface area contributed by atoms with Crippen LogP contribution in [0.2, 0.25) is 0 Å². The predicted molar refractivity (Wildman–Crippen MR) is 119 cm³/mol. The number of hydrogen-bond acceptors (Lipinski definition) is 9. The lowest BCUT2D eigenvalue weighted by Crippen LogP contribution is -2.69. The number of fused-ring (bicyclic) bond motifs is 2. The first-order valence-corrected chi connectivity index (χ1v) is 11.6. The van der Waals surface area contributed by atoms with E-state index < -0.39 is 75.8 Å². The van der Waals surface area contributed by atoms with Crippen molar-refractivity contribution in [3.8, 4) is 0 Å². The topological polar surface area (TPSA) is 136 Å². The second-order valence-corrected chi connectivity index (χ2v) is 10.4. The SMILES string of the molecule is C=C1CC[C@@H](OC(C)=O)[C@@]2(C)C=CC(=O)[C@@](C)(O)[C@@H]2[C@@H](OC(C)=O)[C@]2(O)[C@@H](C)C(=O)O[C@H]2[C@H]1Cl. The highest BCUT2D eigenvalue weighted by Gasteiger charge is 2.70. The van der Waals surface area contributed by atoms with Crippen molar-refractivity contribution in [1.29, 1.82) is 0 Å². The molecule has 9 atom stereocenters. The van der Waals surface area contributed by atoms with Crippen LogP contribution >= 0.6 is 11.6 Å². The highest BCUT2D eigenvalue weighted by molar-refractivity contribution is 6.23. The van der Waals surface area contributed by atoms with Crippen molar-refractivity contribution < 1.29 is 43.6 Å². The molecule has 0 spiro atoms. The van der Waals surface area contributed by atoms with Crippen molar-refractivity contribution in [2.45, 2.75) is 82.4 Å². The monoisotopic (exact) mass is 498 g/mol. The number of ether oxygens (including phenoxy) is 3. The number of halogens is 1. The van der Waals surface area contributed by atoms with Gasteiger partial charge in [-0.15, -0.1) is 11.6 Å². The number of ketones is 1. The van der Waals surface area contributed by atoms with Crippen LogP contribution in [0.25, 0.3) is 0 Å². The first-order valence-electron chi connectivity index (χ1n) is 11.1. The summed E-state index contributed by atoms with van der Waals surface area (Å²) >= 11 is 6.63. The summed E-state index contributed by atoms with van der Waals surface area (Å²) in [5, 5.41) is 22.5. The van der Waals surface area contributed by atoms with Gasteiger partial charge in [-0.3, -0.25) is 19.2 Å². The molecular formula is C24H31ClO9. The minimum absolute atomic E-state index is 0.199. The number of carbonyl (C=O) groups excluding carboxylic acids is 4. The Morgan fingerprint density at radius 1 is 1.18 bits per heavy atom. The van der Waals surface area contributed by atoms with E-state index in [0.717, 1.165) is 6.92 Å². The Labute approximate surface area is 203 Å². The normalized spacial score (nSPS) is 44.5. The van der Waals surface area contributed by atoms with E-state index in [9.17, 15) is 29.4 Å². The van der Waals surface area contributed by atoms with Crippen LogP contribution in [0.4, 0.5) is 0 Å². The fourth-order valence-electron chi connectivity index (χ4n) is 5.65. The molecule has 3 rings (SSSR count). The van der Waals surface area contributed by atoms with E-state index in [0.29, 0.717) is 5.57 Å². The third-order valence-electron chi connectivity index (χ3n) is 7.55. The molecule has 0 radical (unpaired) electrons. The zero-order chi connectivity index (χ0) is 25.8. The first-order chi connectivity index (χ1) is 15.6. The Hall–Kier alpha value is -2.23. The van der Waals surface area contributed by atoms with Crippen molar-refractivity contribution in [1.82, 2.24) is 0 Å². The summed E-state index contributed by atoms with van der Waals surface area (Å²) in [6, 6.07) is 0. The molecule has 1 saturated carbocycles. The van der Waals surface area contributed by atoms with E-state index in [1.807, 2.05) is 0 Å². The summed E-state index contributed by atoms with van der Waals surface area (Å²) in [7, 11) is 0. The fraction of sp³-hybridized carbons (Fsp3) is 0.667. The molecule has 10 heteroatoms. The van der Waals surface area contributed by atoms with Crippen LogP contribution in [0, 0.1) is 17.3 Å². The van der Waals surface area contributed by atoms with E-state index in [1.165, 1.54) is 32.9 Å². The molecule has 1 aliphatic heterocycles. The largest absolute Gasteiger partial charge is 0.462 e. The second kappa shape index (κ2) is 8.77. The van der Waals surface area contributed by atoms with Crippen LogP contribution in [0.15, 0.2) is 24.3 Å². The van der Waals surface area contributed by atoms with Gasteiger partial charge in [-0.05, 0) is 32.8 Å². The molecule has 0 amide bonds. The number of carbonyl (C=O) groups is 4. The Morgan fingerprint density at radius 2 is 1.76 bits per heavy atom.